The quantitative estimate of drug-likeness (QED) is 0.506. The van der Waals surface area contributed by atoms with Gasteiger partial charge in [-0.15, -0.1) is 0 Å². The van der Waals surface area contributed by atoms with Crippen LogP contribution in [0, 0.1) is 11.7 Å². The molecule has 1 fully saturated rings. The Bertz CT molecular complexity index is 1150. The second-order valence-corrected chi connectivity index (χ2v) is 10.5. The number of carbonyl (C=O) groups is 2. The van der Waals surface area contributed by atoms with E-state index in [1.807, 2.05) is 0 Å². The van der Waals surface area contributed by atoms with Gasteiger partial charge in [-0.3, -0.25) is 9.59 Å². The highest BCUT2D eigenvalue weighted by atomic mass is 35.5. The number of sulfonamides is 1. The Balaban J connectivity index is 1.78. The molecule has 0 aliphatic heterocycles. The molecule has 0 spiro atoms. The molecular formula is C23H27ClFN3O4S. The highest BCUT2D eigenvalue weighted by Crippen LogP contribution is 2.27. The van der Waals surface area contributed by atoms with Crippen LogP contribution < -0.4 is 15.4 Å². The molecule has 7 nitrogen and oxygen atoms in total. The predicted molar refractivity (Wildman–Crippen MR) is 126 cm³/mol. The lowest BCUT2D eigenvalue weighted by atomic mass is 9.88. The van der Waals surface area contributed by atoms with Gasteiger partial charge in [-0.05, 0) is 63.1 Å². The molecule has 0 unspecified atom stereocenters. The molecule has 2 aromatic rings. The van der Waals surface area contributed by atoms with Crippen molar-refractivity contribution < 1.29 is 22.4 Å². The Morgan fingerprint density at radius 3 is 2.39 bits per heavy atom. The van der Waals surface area contributed by atoms with Gasteiger partial charge in [0.2, 0.25) is 15.9 Å². The summed E-state index contributed by atoms with van der Waals surface area (Å²) in [5.41, 5.74) is 0.136. The van der Waals surface area contributed by atoms with Gasteiger partial charge in [-0.1, -0.05) is 30.9 Å². The van der Waals surface area contributed by atoms with Gasteiger partial charge < -0.3 is 10.6 Å². The van der Waals surface area contributed by atoms with Gasteiger partial charge in [0.05, 0.1) is 21.2 Å². The van der Waals surface area contributed by atoms with E-state index in [-0.39, 0.29) is 44.7 Å². The first-order chi connectivity index (χ1) is 15.6. The summed E-state index contributed by atoms with van der Waals surface area (Å²) >= 11 is 6.13. The van der Waals surface area contributed by atoms with Crippen LogP contribution in [-0.2, 0) is 14.8 Å². The molecule has 0 atom stereocenters. The van der Waals surface area contributed by atoms with Gasteiger partial charge in [0.1, 0.15) is 5.82 Å². The molecule has 10 heteroatoms. The van der Waals surface area contributed by atoms with Crippen LogP contribution in [0.25, 0.3) is 0 Å². The van der Waals surface area contributed by atoms with E-state index in [0.29, 0.717) is 0 Å². The molecule has 0 heterocycles. The third-order valence-electron chi connectivity index (χ3n) is 5.34. The number of amides is 2. The molecule has 1 saturated carbocycles. The minimum atomic E-state index is -3.83. The molecule has 0 radical (unpaired) electrons. The van der Waals surface area contributed by atoms with E-state index in [9.17, 15) is 22.4 Å². The summed E-state index contributed by atoms with van der Waals surface area (Å²) in [6, 6.07) is 7.29. The highest BCUT2D eigenvalue weighted by Gasteiger charge is 2.23. The zero-order chi connectivity index (χ0) is 24.2. The summed E-state index contributed by atoms with van der Waals surface area (Å²) in [5, 5.41) is 5.25. The van der Waals surface area contributed by atoms with Crippen molar-refractivity contribution in [2.24, 2.45) is 5.92 Å². The van der Waals surface area contributed by atoms with Gasteiger partial charge in [0, 0.05) is 17.6 Å². The number of carbonyl (C=O) groups excluding carboxylic acids is 2. The number of hydrogen-bond acceptors (Lipinski definition) is 4. The first-order valence-electron chi connectivity index (χ1n) is 10.8. The van der Waals surface area contributed by atoms with Crippen molar-refractivity contribution in [2.75, 3.05) is 10.6 Å². The third kappa shape index (κ3) is 6.52. The monoisotopic (exact) mass is 495 g/mol. The van der Waals surface area contributed by atoms with Gasteiger partial charge >= 0.3 is 0 Å². The summed E-state index contributed by atoms with van der Waals surface area (Å²) in [5.74, 6) is -1.68. The summed E-state index contributed by atoms with van der Waals surface area (Å²) in [6.07, 6.45) is 4.58. The minimum absolute atomic E-state index is 0.0352. The van der Waals surface area contributed by atoms with Crippen molar-refractivity contribution in [3.8, 4) is 0 Å². The average molecular weight is 496 g/mol. The van der Waals surface area contributed by atoms with Gasteiger partial charge in [-0.25, -0.2) is 17.5 Å². The maximum atomic E-state index is 14.3. The maximum Gasteiger partial charge on any atom is 0.257 e. The fourth-order valence-corrected chi connectivity index (χ4v) is 5.20. The van der Waals surface area contributed by atoms with Crippen LogP contribution in [-0.4, -0.2) is 26.3 Å². The topological polar surface area (TPSA) is 104 Å². The Morgan fingerprint density at radius 2 is 1.73 bits per heavy atom. The Labute approximate surface area is 198 Å². The zero-order valence-corrected chi connectivity index (χ0v) is 20.0. The lowest BCUT2D eigenvalue weighted by Gasteiger charge is -2.21. The van der Waals surface area contributed by atoms with Crippen LogP contribution in [0.2, 0.25) is 5.02 Å². The van der Waals surface area contributed by atoms with Crippen molar-refractivity contribution in [3.63, 3.8) is 0 Å². The first-order valence-corrected chi connectivity index (χ1v) is 12.7. The van der Waals surface area contributed by atoms with Gasteiger partial charge in [-0.2, -0.15) is 0 Å². The number of hydrogen-bond donors (Lipinski definition) is 3. The maximum absolute atomic E-state index is 14.3. The van der Waals surface area contributed by atoms with Crippen molar-refractivity contribution in [1.29, 1.82) is 0 Å². The molecule has 33 heavy (non-hydrogen) atoms. The number of rotatable bonds is 7. The molecule has 2 amide bonds. The number of nitrogens with one attached hydrogen (secondary N) is 3. The minimum Gasteiger partial charge on any atom is -0.323 e. The largest absolute Gasteiger partial charge is 0.323 e. The van der Waals surface area contributed by atoms with Crippen molar-refractivity contribution in [1.82, 2.24) is 4.72 Å². The summed E-state index contributed by atoms with van der Waals surface area (Å²) in [4.78, 5) is 25.2. The molecule has 3 N–H and O–H groups in total. The molecule has 1 aliphatic carbocycles. The van der Waals surface area contributed by atoms with E-state index in [1.54, 1.807) is 13.8 Å². The van der Waals surface area contributed by atoms with Crippen molar-refractivity contribution >= 4 is 44.8 Å². The Hall–Kier alpha value is -2.49. The zero-order valence-electron chi connectivity index (χ0n) is 18.5. The molecule has 0 saturated heterocycles. The molecular weight excluding hydrogens is 469 g/mol. The molecule has 3 rings (SSSR count). The molecule has 1 aliphatic rings. The second kappa shape index (κ2) is 10.6. The van der Waals surface area contributed by atoms with Crippen molar-refractivity contribution in [2.45, 2.75) is 56.9 Å². The normalized spacial score (nSPS) is 14.8. The predicted octanol–water partition coefficient (Wildman–Crippen LogP) is 4.94. The average Bonchev–Trinajstić information content (AvgIpc) is 2.75. The Morgan fingerprint density at radius 1 is 1.03 bits per heavy atom. The van der Waals surface area contributed by atoms with Crippen LogP contribution in [0.1, 0.15) is 56.3 Å². The van der Waals surface area contributed by atoms with E-state index >= 15 is 0 Å². The summed E-state index contributed by atoms with van der Waals surface area (Å²) in [6.45, 7) is 3.36. The van der Waals surface area contributed by atoms with E-state index in [4.69, 9.17) is 11.6 Å². The SMILES string of the molecule is CC(C)NS(=O)(=O)c1ccc(Cl)c(C(=O)Nc2ccc(F)c(NC(=O)C3CCCCC3)c2)c1. The smallest absolute Gasteiger partial charge is 0.257 e. The lowest BCUT2D eigenvalue weighted by Crippen LogP contribution is -2.30. The second-order valence-electron chi connectivity index (χ2n) is 8.39. The Kier molecular flexibility index (Phi) is 8.10. The van der Waals surface area contributed by atoms with Crippen LogP contribution in [0.3, 0.4) is 0 Å². The van der Waals surface area contributed by atoms with Crippen LogP contribution in [0.4, 0.5) is 15.8 Å². The van der Waals surface area contributed by atoms with Crippen molar-refractivity contribution in [3.05, 3.63) is 52.8 Å². The standard InChI is InChI=1S/C23H27ClFN3O4S/c1-14(2)28-33(31,32)17-9-10-19(24)18(13-17)23(30)26-16-8-11-20(25)21(12-16)27-22(29)15-6-4-3-5-7-15/h8-15,28H,3-7H2,1-2H3,(H,26,30)(H,27,29). The third-order valence-corrected chi connectivity index (χ3v) is 7.33. The van der Waals surface area contributed by atoms with Gasteiger partial charge in [0.15, 0.2) is 0 Å². The molecule has 2 aromatic carbocycles. The molecule has 178 valence electrons. The van der Waals surface area contributed by atoms with Gasteiger partial charge in [0.25, 0.3) is 5.91 Å². The fraction of sp³-hybridized carbons (Fsp3) is 0.391. The van der Waals surface area contributed by atoms with Crippen LogP contribution in [0.15, 0.2) is 41.3 Å². The summed E-state index contributed by atoms with van der Waals surface area (Å²) < 4.78 is 41.6. The molecule has 0 bridgehead atoms. The van der Waals surface area contributed by atoms with E-state index in [1.165, 1.54) is 30.3 Å². The fourth-order valence-electron chi connectivity index (χ4n) is 3.72. The highest BCUT2D eigenvalue weighted by molar-refractivity contribution is 7.89. The number of benzene rings is 2. The summed E-state index contributed by atoms with van der Waals surface area (Å²) in [7, 11) is -3.83. The van der Waals surface area contributed by atoms with Crippen LogP contribution in [0.5, 0.6) is 0 Å². The lowest BCUT2D eigenvalue weighted by molar-refractivity contribution is -0.120. The van der Waals surface area contributed by atoms with E-state index in [2.05, 4.69) is 15.4 Å². The number of halogens is 2. The molecule has 0 aromatic heterocycles. The first kappa shape index (κ1) is 25.1. The van der Waals surface area contributed by atoms with E-state index < -0.39 is 21.7 Å². The van der Waals surface area contributed by atoms with Crippen LogP contribution >= 0.6 is 11.6 Å². The number of anilines is 2. The van der Waals surface area contributed by atoms with E-state index in [0.717, 1.165) is 38.2 Å².